The standard InChI is InChI=1S/C20H29N7O/c1-25(2)16-10-8-9-15(13-16)18(28)21-14-17-22-19(26(3)4)24-20(23-17)27-11-6-5-7-12-27/h8-10,13H,5-7,11-12,14H2,1-4H3,(H,21,28). The van der Waals surface area contributed by atoms with Gasteiger partial charge in [0.15, 0.2) is 5.82 Å². The Labute approximate surface area is 166 Å². The van der Waals surface area contributed by atoms with Gasteiger partial charge >= 0.3 is 0 Å². The van der Waals surface area contributed by atoms with Crippen molar-refractivity contribution in [3.05, 3.63) is 35.7 Å². The van der Waals surface area contributed by atoms with Gasteiger partial charge in [-0.05, 0) is 37.5 Å². The van der Waals surface area contributed by atoms with Crippen molar-refractivity contribution >= 4 is 23.5 Å². The maximum absolute atomic E-state index is 12.6. The van der Waals surface area contributed by atoms with Gasteiger partial charge < -0.3 is 20.0 Å². The first-order valence-electron chi connectivity index (χ1n) is 9.67. The molecule has 0 unspecified atom stereocenters. The van der Waals surface area contributed by atoms with E-state index in [0.717, 1.165) is 31.6 Å². The Hall–Kier alpha value is -2.90. The number of nitrogens with one attached hydrogen (secondary N) is 1. The fraction of sp³-hybridized carbons (Fsp3) is 0.500. The highest BCUT2D eigenvalue weighted by Gasteiger charge is 2.17. The highest BCUT2D eigenvalue weighted by molar-refractivity contribution is 5.95. The van der Waals surface area contributed by atoms with Crippen LogP contribution in [-0.4, -0.2) is 62.1 Å². The van der Waals surface area contributed by atoms with Crippen LogP contribution in [0.5, 0.6) is 0 Å². The molecular weight excluding hydrogens is 354 g/mol. The van der Waals surface area contributed by atoms with Crippen molar-refractivity contribution in [2.24, 2.45) is 0 Å². The largest absolute Gasteiger partial charge is 0.378 e. The number of carbonyl (C=O) groups is 1. The Morgan fingerprint density at radius 3 is 2.46 bits per heavy atom. The third kappa shape index (κ3) is 4.88. The molecule has 0 radical (unpaired) electrons. The van der Waals surface area contributed by atoms with Crippen LogP contribution >= 0.6 is 0 Å². The Bertz CT molecular complexity index is 816. The zero-order chi connectivity index (χ0) is 20.1. The lowest BCUT2D eigenvalue weighted by Gasteiger charge is -2.27. The summed E-state index contributed by atoms with van der Waals surface area (Å²) in [5, 5.41) is 2.93. The van der Waals surface area contributed by atoms with Crippen molar-refractivity contribution in [1.29, 1.82) is 0 Å². The van der Waals surface area contributed by atoms with Gasteiger partial charge in [-0.3, -0.25) is 4.79 Å². The maximum Gasteiger partial charge on any atom is 0.251 e. The third-order valence-corrected chi connectivity index (χ3v) is 4.73. The summed E-state index contributed by atoms with van der Waals surface area (Å²) in [5.41, 5.74) is 1.60. The smallest absolute Gasteiger partial charge is 0.251 e. The van der Waals surface area contributed by atoms with Crippen LogP contribution in [0.25, 0.3) is 0 Å². The van der Waals surface area contributed by atoms with E-state index >= 15 is 0 Å². The molecular formula is C20H29N7O. The van der Waals surface area contributed by atoms with E-state index in [9.17, 15) is 4.79 Å². The minimum Gasteiger partial charge on any atom is -0.378 e. The molecule has 1 aliphatic rings. The minimum atomic E-state index is -0.143. The van der Waals surface area contributed by atoms with Gasteiger partial charge in [0, 0.05) is 52.5 Å². The number of rotatable bonds is 6. The molecule has 28 heavy (non-hydrogen) atoms. The second-order valence-corrected chi connectivity index (χ2v) is 7.42. The lowest BCUT2D eigenvalue weighted by molar-refractivity contribution is 0.0950. The van der Waals surface area contributed by atoms with Gasteiger partial charge in [0.05, 0.1) is 6.54 Å². The Balaban J connectivity index is 1.74. The average molecular weight is 384 g/mol. The molecule has 8 nitrogen and oxygen atoms in total. The second kappa shape index (κ2) is 8.86. The molecule has 1 fully saturated rings. The SMILES string of the molecule is CN(C)c1cccc(C(=O)NCc2nc(N(C)C)nc(N3CCCCC3)n2)c1. The molecule has 8 heteroatoms. The maximum atomic E-state index is 12.6. The van der Waals surface area contributed by atoms with Crippen LogP contribution in [0.4, 0.5) is 17.6 Å². The van der Waals surface area contributed by atoms with Crippen molar-refractivity contribution in [2.45, 2.75) is 25.8 Å². The van der Waals surface area contributed by atoms with E-state index in [1.54, 1.807) is 6.07 Å². The highest BCUT2D eigenvalue weighted by Crippen LogP contribution is 2.18. The third-order valence-electron chi connectivity index (χ3n) is 4.73. The van der Waals surface area contributed by atoms with Crippen LogP contribution in [0.2, 0.25) is 0 Å². The van der Waals surface area contributed by atoms with Crippen LogP contribution in [0, 0.1) is 0 Å². The van der Waals surface area contributed by atoms with Crippen molar-refractivity contribution in [3.63, 3.8) is 0 Å². The number of piperidine rings is 1. The lowest BCUT2D eigenvalue weighted by Crippen LogP contribution is -2.33. The molecule has 1 saturated heterocycles. The molecule has 0 spiro atoms. The molecule has 0 bridgehead atoms. The zero-order valence-corrected chi connectivity index (χ0v) is 17.1. The lowest BCUT2D eigenvalue weighted by atomic mass is 10.1. The number of aromatic nitrogens is 3. The molecule has 1 N–H and O–H groups in total. The van der Waals surface area contributed by atoms with Gasteiger partial charge in [-0.2, -0.15) is 15.0 Å². The normalized spacial score (nSPS) is 13.9. The Morgan fingerprint density at radius 2 is 1.79 bits per heavy atom. The average Bonchev–Trinajstić information content (AvgIpc) is 2.72. The zero-order valence-electron chi connectivity index (χ0n) is 17.1. The molecule has 3 rings (SSSR count). The summed E-state index contributed by atoms with van der Waals surface area (Å²) in [6.45, 7) is 2.18. The van der Waals surface area contributed by atoms with Crippen molar-refractivity contribution < 1.29 is 4.79 Å². The molecule has 2 heterocycles. The van der Waals surface area contributed by atoms with Gasteiger partial charge in [-0.15, -0.1) is 0 Å². The number of amides is 1. The van der Waals surface area contributed by atoms with Gasteiger partial charge in [-0.1, -0.05) is 6.07 Å². The van der Waals surface area contributed by atoms with Crippen LogP contribution in [0.3, 0.4) is 0 Å². The Kier molecular flexibility index (Phi) is 6.28. The summed E-state index contributed by atoms with van der Waals surface area (Å²) in [6.07, 6.45) is 3.55. The van der Waals surface area contributed by atoms with Crippen LogP contribution in [0.1, 0.15) is 35.4 Å². The molecule has 0 aliphatic carbocycles. The van der Waals surface area contributed by atoms with Gasteiger partial charge in [0.1, 0.15) is 0 Å². The predicted octanol–water partition coefficient (Wildman–Crippen LogP) is 1.92. The van der Waals surface area contributed by atoms with E-state index in [1.165, 1.54) is 6.42 Å². The van der Waals surface area contributed by atoms with Crippen molar-refractivity contribution in [2.75, 3.05) is 56.0 Å². The van der Waals surface area contributed by atoms with Gasteiger partial charge in [0.25, 0.3) is 5.91 Å². The number of nitrogens with zero attached hydrogens (tertiary/aromatic N) is 6. The highest BCUT2D eigenvalue weighted by atomic mass is 16.1. The summed E-state index contributed by atoms with van der Waals surface area (Å²) in [6, 6.07) is 7.52. The van der Waals surface area contributed by atoms with Crippen LogP contribution in [0.15, 0.2) is 24.3 Å². The topological polar surface area (TPSA) is 77.5 Å². The van der Waals surface area contributed by atoms with Crippen LogP contribution < -0.4 is 20.0 Å². The number of hydrogen-bond donors (Lipinski definition) is 1. The first-order chi connectivity index (χ1) is 13.4. The first-order valence-corrected chi connectivity index (χ1v) is 9.67. The van der Waals surface area contributed by atoms with Crippen LogP contribution in [-0.2, 0) is 6.54 Å². The number of anilines is 3. The van der Waals surface area contributed by atoms with E-state index in [1.807, 2.05) is 56.2 Å². The van der Waals surface area contributed by atoms with E-state index in [4.69, 9.17) is 0 Å². The monoisotopic (exact) mass is 383 g/mol. The van der Waals surface area contributed by atoms with Gasteiger partial charge in [0.2, 0.25) is 11.9 Å². The van der Waals surface area contributed by atoms with E-state index in [-0.39, 0.29) is 12.5 Å². The summed E-state index contributed by atoms with van der Waals surface area (Å²) < 4.78 is 0. The fourth-order valence-electron chi connectivity index (χ4n) is 3.10. The number of hydrogen-bond acceptors (Lipinski definition) is 7. The fourth-order valence-corrected chi connectivity index (χ4v) is 3.10. The van der Waals surface area contributed by atoms with E-state index < -0.39 is 0 Å². The first kappa shape index (κ1) is 19.9. The van der Waals surface area contributed by atoms with Gasteiger partial charge in [-0.25, -0.2) is 0 Å². The number of benzene rings is 1. The quantitative estimate of drug-likeness (QED) is 0.816. The summed E-state index contributed by atoms with van der Waals surface area (Å²) in [4.78, 5) is 32.3. The molecule has 150 valence electrons. The van der Waals surface area contributed by atoms with Crippen molar-refractivity contribution in [3.8, 4) is 0 Å². The minimum absolute atomic E-state index is 0.143. The summed E-state index contributed by atoms with van der Waals surface area (Å²) in [5.74, 6) is 1.72. The van der Waals surface area contributed by atoms with E-state index in [2.05, 4.69) is 25.2 Å². The Morgan fingerprint density at radius 1 is 1.04 bits per heavy atom. The molecule has 1 amide bonds. The molecule has 0 saturated carbocycles. The summed E-state index contributed by atoms with van der Waals surface area (Å²) in [7, 11) is 7.72. The molecule has 1 aromatic carbocycles. The van der Waals surface area contributed by atoms with E-state index in [0.29, 0.717) is 23.3 Å². The summed E-state index contributed by atoms with van der Waals surface area (Å²) >= 11 is 0. The molecule has 1 aliphatic heterocycles. The second-order valence-electron chi connectivity index (χ2n) is 7.42. The number of carbonyl (C=O) groups excluding carboxylic acids is 1. The van der Waals surface area contributed by atoms with Crippen molar-refractivity contribution in [1.82, 2.24) is 20.3 Å². The molecule has 2 aromatic rings. The predicted molar refractivity (Wildman–Crippen MR) is 112 cm³/mol. The molecule has 0 atom stereocenters. The molecule has 1 aromatic heterocycles.